The molecule has 0 aromatic rings. The lowest BCUT2D eigenvalue weighted by Crippen LogP contribution is -2.50. The van der Waals surface area contributed by atoms with Crippen molar-refractivity contribution in [1.82, 2.24) is 9.80 Å². The van der Waals surface area contributed by atoms with Gasteiger partial charge in [-0.15, -0.1) is 0 Å². The molecule has 1 aliphatic carbocycles. The van der Waals surface area contributed by atoms with Crippen LogP contribution in [0.1, 0.15) is 44.9 Å². The number of likely N-dealkylation sites (tertiary alicyclic amines) is 1. The van der Waals surface area contributed by atoms with Gasteiger partial charge in [-0.1, -0.05) is 12.8 Å². The molecule has 2 atom stereocenters. The van der Waals surface area contributed by atoms with Gasteiger partial charge in [0.2, 0.25) is 0 Å². The van der Waals surface area contributed by atoms with Crippen molar-refractivity contribution in [3.63, 3.8) is 0 Å². The van der Waals surface area contributed by atoms with Crippen molar-refractivity contribution < 1.29 is 0 Å². The third kappa shape index (κ3) is 2.38. The summed E-state index contributed by atoms with van der Waals surface area (Å²) in [6.07, 6.45) is 9.34. The van der Waals surface area contributed by atoms with Gasteiger partial charge in [-0.05, 0) is 45.7 Å². The molecule has 2 bridgehead atoms. The zero-order chi connectivity index (χ0) is 11.9. The standard InChI is InChI=1S/C14H27N3/c1-16-12-4-5-13(16)10-17(9-6-12)11-14(15)7-2-3-8-14/h12-13H,2-11,15H2,1H3. The normalized spacial score (nSPS) is 38.5. The average Bonchev–Trinajstić information content (AvgIpc) is 2.78. The Kier molecular flexibility index (Phi) is 3.18. The maximum absolute atomic E-state index is 6.52. The van der Waals surface area contributed by atoms with Crippen LogP contribution in [0.5, 0.6) is 0 Å². The van der Waals surface area contributed by atoms with E-state index in [2.05, 4.69) is 16.8 Å². The molecule has 0 aromatic heterocycles. The molecule has 2 unspecified atom stereocenters. The average molecular weight is 237 g/mol. The number of nitrogens with zero attached hydrogens (tertiary/aromatic N) is 2. The predicted octanol–water partition coefficient (Wildman–Crippen LogP) is 1.43. The molecule has 98 valence electrons. The monoisotopic (exact) mass is 237 g/mol. The van der Waals surface area contributed by atoms with Crippen LogP contribution in [-0.2, 0) is 0 Å². The van der Waals surface area contributed by atoms with Crippen LogP contribution in [0.4, 0.5) is 0 Å². The zero-order valence-electron chi connectivity index (χ0n) is 11.2. The maximum Gasteiger partial charge on any atom is 0.0283 e. The lowest BCUT2D eigenvalue weighted by molar-refractivity contribution is 0.184. The molecule has 0 radical (unpaired) electrons. The fourth-order valence-corrected chi connectivity index (χ4v) is 4.21. The first-order valence-electron chi connectivity index (χ1n) is 7.39. The van der Waals surface area contributed by atoms with E-state index in [0.717, 1.165) is 18.6 Å². The summed E-state index contributed by atoms with van der Waals surface area (Å²) in [6, 6.07) is 1.65. The Morgan fingerprint density at radius 3 is 2.59 bits per heavy atom. The molecule has 2 aliphatic heterocycles. The van der Waals surface area contributed by atoms with E-state index in [1.165, 1.54) is 58.0 Å². The van der Waals surface area contributed by atoms with E-state index in [1.807, 2.05) is 0 Å². The number of rotatable bonds is 2. The van der Waals surface area contributed by atoms with E-state index in [1.54, 1.807) is 0 Å². The molecule has 3 fully saturated rings. The van der Waals surface area contributed by atoms with Crippen molar-refractivity contribution in [3.05, 3.63) is 0 Å². The Morgan fingerprint density at radius 2 is 1.82 bits per heavy atom. The minimum Gasteiger partial charge on any atom is -0.324 e. The first-order chi connectivity index (χ1) is 8.16. The molecular weight excluding hydrogens is 210 g/mol. The van der Waals surface area contributed by atoms with Crippen molar-refractivity contribution >= 4 is 0 Å². The predicted molar refractivity (Wildman–Crippen MR) is 71.0 cm³/mol. The van der Waals surface area contributed by atoms with Crippen LogP contribution in [0.15, 0.2) is 0 Å². The third-order valence-corrected chi connectivity index (χ3v) is 5.37. The van der Waals surface area contributed by atoms with Crippen molar-refractivity contribution in [2.24, 2.45) is 5.73 Å². The van der Waals surface area contributed by atoms with Gasteiger partial charge in [0.15, 0.2) is 0 Å². The van der Waals surface area contributed by atoms with Crippen LogP contribution in [0.25, 0.3) is 0 Å². The van der Waals surface area contributed by atoms with Gasteiger partial charge in [-0.3, -0.25) is 9.80 Å². The largest absolute Gasteiger partial charge is 0.324 e. The lowest BCUT2D eigenvalue weighted by atomic mass is 9.97. The molecule has 2 saturated heterocycles. The first-order valence-corrected chi connectivity index (χ1v) is 7.39. The molecule has 0 amide bonds. The molecule has 3 nitrogen and oxygen atoms in total. The van der Waals surface area contributed by atoms with Gasteiger partial charge in [-0.2, -0.15) is 0 Å². The lowest BCUT2D eigenvalue weighted by Gasteiger charge is -2.33. The van der Waals surface area contributed by atoms with Crippen LogP contribution >= 0.6 is 0 Å². The second-order valence-electron chi connectivity index (χ2n) is 6.64. The van der Waals surface area contributed by atoms with E-state index in [4.69, 9.17) is 5.73 Å². The van der Waals surface area contributed by atoms with E-state index < -0.39 is 0 Å². The van der Waals surface area contributed by atoms with Gasteiger partial charge in [-0.25, -0.2) is 0 Å². The first kappa shape index (κ1) is 11.9. The van der Waals surface area contributed by atoms with Crippen molar-refractivity contribution in [1.29, 1.82) is 0 Å². The molecule has 0 aromatic carbocycles. The number of likely N-dealkylation sites (N-methyl/N-ethyl adjacent to an activating group) is 1. The summed E-state index contributed by atoms with van der Waals surface area (Å²) in [5.41, 5.74) is 6.66. The van der Waals surface area contributed by atoms with Gasteiger partial charge in [0.25, 0.3) is 0 Å². The summed E-state index contributed by atoms with van der Waals surface area (Å²) in [5, 5.41) is 0. The highest BCUT2D eigenvalue weighted by Crippen LogP contribution is 2.32. The highest BCUT2D eigenvalue weighted by molar-refractivity contribution is 4.96. The van der Waals surface area contributed by atoms with Gasteiger partial charge in [0.05, 0.1) is 0 Å². The van der Waals surface area contributed by atoms with Crippen LogP contribution in [0.2, 0.25) is 0 Å². The number of fused-ring (bicyclic) bond motifs is 2. The van der Waals surface area contributed by atoms with Crippen LogP contribution in [-0.4, -0.2) is 54.1 Å². The minimum absolute atomic E-state index is 0.141. The summed E-state index contributed by atoms with van der Waals surface area (Å²) in [5.74, 6) is 0. The molecule has 3 heteroatoms. The SMILES string of the molecule is CN1C2CCC1CN(CC1(N)CCCC1)CC2. The molecule has 3 aliphatic rings. The van der Waals surface area contributed by atoms with Crippen LogP contribution in [0, 0.1) is 0 Å². The third-order valence-electron chi connectivity index (χ3n) is 5.37. The summed E-state index contributed by atoms with van der Waals surface area (Å²) in [4.78, 5) is 5.28. The van der Waals surface area contributed by atoms with Gasteiger partial charge in [0, 0.05) is 30.7 Å². The van der Waals surface area contributed by atoms with Crippen LogP contribution < -0.4 is 5.73 Å². The topological polar surface area (TPSA) is 32.5 Å². The highest BCUT2D eigenvalue weighted by atomic mass is 15.3. The second kappa shape index (κ2) is 4.52. The van der Waals surface area contributed by atoms with Gasteiger partial charge >= 0.3 is 0 Å². The van der Waals surface area contributed by atoms with Gasteiger partial charge < -0.3 is 5.73 Å². The van der Waals surface area contributed by atoms with E-state index in [0.29, 0.717) is 0 Å². The Hall–Kier alpha value is -0.120. The Balaban J connectivity index is 1.61. The van der Waals surface area contributed by atoms with E-state index >= 15 is 0 Å². The molecule has 1 saturated carbocycles. The number of hydrogen-bond donors (Lipinski definition) is 1. The summed E-state index contributed by atoms with van der Waals surface area (Å²) in [6.45, 7) is 3.67. The van der Waals surface area contributed by atoms with Crippen molar-refractivity contribution in [3.8, 4) is 0 Å². The summed E-state index contributed by atoms with van der Waals surface area (Å²) >= 11 is 0. The molecular formula is C14H27N3. The molecule has 2 N–H and O–H groups in total. The quantitative estimate of drug-likeness (QED) is 0.788. The fraction of sp³-hybridized carbons (Fsp3) is 1.00. The van der Waals surface area contributed by atoms with Gasteiger partial charge in [0.1, 0.15) is 0 Å². The smallest absolute Gasteiger partial charge is 0.0283 e. The van der Waals surface area contributed by atoms with Crippen LogP contribution in [0.3, 0.4) is 0 Å². The zero-order valence-corrected chi connectivity index (χ0v) is 11.2. The Labute approximate surface area is 105 Å². The number of hydrogen-bond acceptors (Lipinski definition) is 3. The Bertz CT molecular complexity index is 273. The minimum atomic E-state index is 0.141. The Morgan fingerprint density at radius 1 is 1.12 bits per heavy atom. The van der Waals surface area contributed by atoms with Crippen molar-refractivity contribution in [2.45, 2.75) is 62.6 Å². The summed E-state index contributed by atoms with van der Waals surface area (Å²) in [7, 11) is 2.32. The molecule has 3 rings (SSSR count). The molecule has 17 heavy (non-hydrogen) atoms. The van der Waals surface area contributed by atoms with E-state index in [9.17, 15) is 0 Å². The second-order valence-corrected chi connectivity index (χ2v) is 6.64. The highest BCUT2D eigenvalue weighted by Gasteiger charge is 2.37. The molecule has 2 heterocycles. The van der Waals surface area contributed by atoms with E-state index in [-0.39, 0.29) is 5.54 Å². The summed E-state index contributed by atoms with van der Waals surface area (Å²) < 4.78 is 0. The molecule has 0 spiro atoms. The maximum atomic E-state index is 6.52. The van der Waals surface area contributed by atoms with Crippen molar-refractivity contribution in [2.75, 3.05) is 26.7 Å². The fourth-order valence-electron chi connectivity index (χ4n) is 4.21. The number of nitrogens with two attached hydrogens (primary N) is 1.